The Hall–Kier alpha value is -0.830. The smallest absolute Gasteiger partial charge is 0.0619 e. The van der Waals surface area contributed by atoms with Crippen molar-refractivity contribution >= 4 is 16.5 Å². The van der Waals surface area contributed by atoms with Crippen molar-refractivity contribution in [3.8, 4) is 0 Å². The highest BCUT2D eigenvalue weighted by atomic mass is 32.2. The molecule has 1 unspecified atom stereocenters. The minimum atomic E-state index is -0.864. The number of anilines is 1. The van der Waals surface area contributed by atoms with E-state index >= 15 is 0 Å². The Bertz CT molecular complexity index is 286. The summed E-state index contributed by atoms with van der Waals surface area (Å²) >= 11 is 0. The van der Waals surface area contributed by atoms with Gasteiger partial charge >= 0.3 is 0 Å². The van der Waals surface area contributed by atoms with Crippen molar-refractivity contribution in [3.63, 3.8) is 0 Å². The van der Waals surface area contributed by atoms with Crippen LogP contribution in [0.4, 0.5) is 5.69 Å². The van der Waals surface area contributed by atoms with Crippen LogP contribution in [0.2, 0.25) is 0 Å². The van der Waals surface area contributed by atoms with Crippen molar-refractivity contribution in [3.05, 3.63) is 24.3 Å². The van der Waals surface area contributed by atoms with Crippen LogP contribution in [0.5, 0.6) is 0 Å². The second-order valence-corrected chi connectivity index (χ2v) is 4.09. The topological polar surface area (TPSA) is 29.1 Å². The van der Waals surface area contributed by atoms with Crippen LogP contribution in [-0.2, 0) is 10.8 Å². The average Bonchev–Trinajstić information content (AvgIpc) is 2.16. The maximum absolute atomic E-state index is 11.5. The molecule has 0 radical (unpaired) electrons. The van der Waals surface area contributed by atoms with Gasteiger partial charge in [0.1, 0.15) is 0 Å². The summed E-state index contributed by atoms with van der Waals surface area (Å²) in [7, 11) is 0.975. The van der Waals surface area contributed by atoms with Crippen molar-refractivity contribution in [2.75, 3.05) is 18.1 Å². The third kappa shape index (κ3) is 1.85. The molecule has 1 N–H and O–H groups in total. The van der Waals surface area contributed by atoms with Crippen molar-refractivity contribution in [2.45, 2.75) is 11.8 Å². The van der Waals surface area contributed by atoms with Gasteiger partial charge in [-0.15, -0.1) is 0 Å². The second kappa shape index (κ2) is 4.26. The van der Waals surface area contributed by atoms with Crippen molar-refractivity contribution in [1.82, 2.24) is 0 Å². The van der Waals surface area contributed by atoms with Crippen molar-refractivity contribution in [1.29, 1.82) is 0 Å². The van der Waals surface area contributed by atoms with E-state index < -0.39 is 10.8 Å². The van der Waals surface area contributed by atoms with Gasteiger partial charge < -0.3 is 5.32 Å². The van der Waals surface area contributed by atoms with E-state index in [4.69, 9.17) is 0 Å². The average molecular weight is 183 g/mol. The first-order valence-corrected chi connectivity index (χ1v) is 5.26. The van der Waals surface area contributed by atoms with Crippen LogP contribution in [0.25, 0.3) is 0 Å². The van der Waals surface area contributed by atoms with Crippen LogP contribution >= 0.6 is 0 Å². The first-order valence-electron chi connectivity index (χ1n) is 3.94. The molecule has 0 amide bonds. The fourth-order valence-corrected chi connectivity index (χ4v) is 1.98. The molecular weight excluding hydrogens is 170 g/mol. The number of benzene rings is 1. The first-order chi connectivity index (χ1) is 5.79. The summed E-state index contributed by atoms with van der Waals surface area (Å²) in [5.41, 5.74) is 0.956. The Kier molecular flexibility index (Phi) is 3.29. The summed E-state index contributed by atoms with van der Waals surface area (Å²) in [6.07, 6.45) is 0. The minimum Gasteiger partial charge on any atom is -0.387 e. The molecule has 12 heavy (non-hydrogen) atoms. The van der Waals surface area contributed by atoms with Gasteiger partial charge in [-0.05, 0) is 12.1 Å². The summed E-state index contributed by atoms with van der Waals surface area (Å²) in [5, 5.41) is 3.02. The third-order valence-electron chi connectivity index (χ3n) is 1.66. The zero-order valence-corrected chi connectivity index (χ0v) is 8.15. The van der Waals surface area contributed by atoms with Gasteiger partial charge in [0.15, 0.2) is 0 Å². The van der Waals surface area contributed by atoms with Gasteiger partial charge in [-0.3, -0.25) is 4.21 Å². The highest BCUT2D eigenvalue weighted by Crippen LogP contribution is 2.18. The van der Waals surface area contributed by atoms with Crippen molar-refractivity contribution < 1.29 is 4.21 Å². The van der Waals surface area contributed by atoms with Crippen molar-refractivity contribution in [2.24, 2.45) is 0 Å². The Morgan fingerprint density at radius 2 is 2.08 bits per heavy atom. The van der Waals surface area contributed by atoms with Gasteiger partial charge in [-0.1, -0.05) is 19.1 Å². The van der Waals surface area contributed by atoms with E-state index in [0.717, 1.165) is 10.6 Å². The van der Waals surface area contributed by atoms with Crippen LogP contribution in [0.3, 0.4) is 0 Å². The van der Waals surface area contributed by atoms with Gasteiger partial charge in [-0.2, -0.15) is 0 Å². The van der Waals surface area contributed by atoms with Crippen LogP contribution in [0.15, 0.2) is 29.2 Å². The Balaban J connectivity index is 3.04. The molecule has 0 aliphatic carbocycles. The molecule has 0 aromatic heterocycles. The number of hydrogen-bond acceptors (Lipinski definition) is 2. The molecule has 1 aromatic rings. The molecule has 0 spiro atoms. The normalized spacial score (nSPS) is 12.5. The molecule has 2 nitrogen and oxygen atoms in total. The predicted octanol–water partition coefficient (Wildman–Crippen LogP) is 1.86. The zero-order chi connectivity index (χ0) is 8.97. The molecule has 66 valence electrons. The number of para-hydroxylation sites is 1. The molecule has 0 saturated carbocycles. The molecule has 0 aliphatic heterocycles. The molecule has 1 aromatic carbocycles. The standard InChI is InChI=1S/C9H13NOS/c1-3-12(11)9-7-5-4-6-8(9)10-2/h4-7,10H,3H2,1-2H3. The maximum atomic E-state index is 11.5. The molecule has 0 saturated heterocycles. The van der Waals surface area contributed by atoms with E-state index in [1.165, 1.54) is 0 Å². The first kappa shape index (κ1) is 9.26. The number of hydrogen-bond donors (Lipinski definition) is 1. The molecule has 0 fully saturated rings. The lowest BCUT2D eigenvalue weighted by Crippen LogP contribution is -1.99. The largest absolute Gasteiger partial charge is 0.387 e. The van der Waals surface area contributed by atoms with Crippen LogP contribution in [0, 0.1) is 0 Å². The van der Waals surface area contributed by atoms with E-state index in [1.807, 2.05) is 38.2 Å². The molecule has 0 heterocycles. The number of rotatable bonds is 3. The summed E-state index contributed by atoms with van der Waals surface area (Å²) < 4.78 is 11.5. The summed E-state index contributed by atoms with van der Waals surface area (Å²) in [5.74, 6) is 0.665. The van der Waals surface area contributed by atoms with Crippen LogP contribution < -0.4 is 5.32 Å². The fourth-order valence-electron chi connectivity index (χ4n) is 1.03. The number of nitrogens with one attached hydrogen (secondary N) is 1. The maximum Gasteiger partial charge on any atom is 0.0619 e. The lowest BCUT2D eigenvalue weighted by molar-refractivity contribution is 0.684. The Morgan fingerprint density at radius 3 is 2.67 bits per heavy atom. The van der Waals surface area contributed by atoms with Gasteiger partial charge in [0.2, 0.25) is 0 Å². The minimum absolute atomic E-state index is 0.665. The highest BCUT2D eigenvalue weighted by molar-refractivity contribution is 7.85. The van der Waals surface area contributed by atoms with E-state index in [2.05, 4.69) is 5.32 Å². The van der Waals surface area contributed by atoms with Gasteiger partial charge in [-0.25, -0.2) is 0 Å². The SMILES string of the molecule is CCS(=O)c1ccccc1NC. The Labute approximate surface area is 75.5 Å². The summed E-state index contributed by atoms with van der Waals surface area (Å²) in [4.78, 5) is 0.891. The van der Waals surface area contributed by atoms with Crippen LogP contribution in [0.1, 0.15) is 6.92 Å². The lowest BCUT2D eigenvalue weighted by atomic mass is 10.3. The fraction of sp³-hybridized carbons (Fsp3) is 0.333. The molecule has 0 bridgehead atoms. The Morgan fingerprint density at radius 1 is 1.42 bits per heavy atom. The van der Waals surface area contributed by atoms with E-state index in [9.17, 15) is 4.21 Å². The molecular formula is C9H13NOS. The van der Waals surface area contributed by atoms with E-state index in [-0.39, 0.29) is 0 Å². The summed E-state index contributed by atoms with van der Waals surface area (Å²) in [6.45, 7) is 1.92. The van der Waals surface area contributed by atoms with E-state index in [0.29, 0.717) is 5.75 Å². The molecule has 0 aliphatic rings. The highest BCUT2D eigenvalue weighted by Gasteiger charge is 2.04. The van der Waals surface area contributed by atoms with Gasteiger partial charge in [0.05, 0.1) is 21.4 Å². The van der Waals surface area contributed by atoms with Gasteiger partial charge in [0, 0.05) is 12.8 Å². The lowest BCUT2D eigenvalue weighted by Gasteiger charge is -2.06. The monoisotopic (exact) mass is 183 g/mol. The molecule has 1 rings (SSSR count). The quantitative estimate of drug-likeness (QED) is 0.775. The van der Waals surface area contributed by atoms with Gasteiger partial charge in [0.25, 0.3) is 0 Å². The third-order valence-corrected chi connectivity index (χ3v) is 3.03. The van der Waals surface area contributed by atoms with E-state index in [1.54, 1.807) is 0 Å². The molecule has 3 heteroatoms. The zero-order valence-electron chi connectivity index (χ0n) is 7.33. The molecule has 1 atom stereocenters. The van der Waals surface area contributed by atoms with Crippen LogP contribution in [-0.4, -0.2) is 17.0 Å². The summed E-state index contributed by atoms with van der Waals surface area (Å²) in [6, 6.07) is 7.67. The second-order valence-electron chi connectivity index (χ2n) is 2.38. The predicted molar refractivity (Wildman–Crippen MR) is 52.9 cm³/mol.